The first kappa shape index (κ1) is 24.6. The molecule has 3 atom stereocenters. The number of halogens is 2. The van der Waals surface area contributed by atoms with E-state index in [1.54, 1.807) is 26.2 Å². The molecule has 37 heavy (non-hydrogen) atoms. The number of aliphatic imine (C=N–C) groups is 1. The highest BCUT2D eigenvalue weighted by Gasteiger charge is 2.44. The summed E-state index contributed by atoms with van der Waals surface area (Å²) in [6.45, 7) is 1.75. The lowest BCUT2D eigenvalue weighted by Gasteiger charge is -2.37. The Morgan fingerprint density at radius 2 is 1.70 bits per heavy atom. The Balaban J connectivity index is 1.56. The van der Waals surface area contributed by atoms with Gasteiger partial charge in [0.05, 0.1) is 18.7 Å². The highest BCUT2D eigenvalue weighted by atomic mass is 19.1. The van der Waals surface area contributed by atoms with Crippen molar-refractivity contribution in [3.05, 3.63) is 107 Å². The van der Waals surface area contributed by atoms with Crippen LogP contribution in [0, 0.1) is 17.6 Å². The number of allylic oxidation sites excluding steroid dienone is 2. The van der Waals surface area contributed by atoms with E-state index in [2.05, 4.69) is 5.32 Å². The van der Waals surface area contributed by atoms with E-state index >= 15 is 0 Å². The second kappa shape index (κ2) is 10.1. The third-order valence-corrected chi connectivity index (χ3v) is 7.11. The molecule has 0 radical (unpaired) electrons. The van der Waals surface area contributed by atoms with Gasteiger partial charge >= 0.3 is 0 Å². The van der Waals surface area contributed by atoms with Crippen LogP contribution in [-0.2, 0) is 9.59 Å². The largest absolute Gasteiger partial charge is 0.497 e. The molecule has 0 fully saturated rings. The molecular formula is C30H26F2N2O3. The number of rotatable bonds is 5. The van der Waals surface area contributed by atoms with Crippen molar-refractivity contribution < 1.29 is 23.1 Å². The molecule has 0 saturated carbocycles. The number of nitrogens with zero attached hydrogens (tertiary/aromatic N) is 1. The Kier molecular flexibility index (Phi) is 6.70. The van der Waals surface area contributed by atoms with Crippen molar-refractivity contribution in [3.63, 3.8) is 0 Å². The average Bonchev–Trinajstić information content (AvgIpc) is 2.90. The van der Waals surface area contributed by atoms with E-state index in [4.69, 9.17) is 9.73 Å². The molecule has 5 rings (SSSR count). The number of benzene rings is 3. The van der Waals surface area contributed by atoms with Crippen LogP contribution in [0.5, 0.6) is 5.75 Å². The minimum atomic E-state index is -0.876. The van der Waals surface area contributed by atoms with Gasteiger partial charge in [0, 0.05) is 35.4 Å². The van der Waals surface area contributed by atoms with Gasteiger partial charge in [-0.2, -0.15) is 0 Å². The number of ether oxygens (including phenoxy) is 1. The summed E-state index contributed by atoms with van der Waals surface area (Å²) in [5.74, 6) is -3.00. The first-order valence-corrected chi connectivity index (χ1v) is 12.1. The summed E-state index contributed by atoms with van der Waals surface area (Å²) in [7, 11) is 1.56. The molecule has 3 aromatic rings. The zero-order chi connectivity index (χ0) is 26.1. The molecular weight excluding hydrogens is 474 g/mol. The number of methoxy groups -OCH3 is 1. The van der Waals surface area contributed by atoms with Crippen molar-refractivity contribution >= 4 is 23.1 Å². The lowest BCUT2D eigenvalue weighted by atomic mass is 9.69. The van der Waals surface area contributed by atoms with Crippen LogP contribution in [0.4, 0.5) is 14.5 Å². The van der Waals surface area contributed by atoms with Gasteiger partial charge in [0.25, 0.3) is 0 Å². The molecule has 1 heterocycles. The van der Waals surface area contributed by atoms with E-state index in [-0.39, 0.29) is 17.4 Å². The van der Waals surface area contributed by atoms with Crippen molar-refractivity contribution in [2.75, 3.05) is 12.4 Å². The molecule has 1 unspecified atom stereocenters. The maximum absolute atomic E-state index is 14.4. The summed E-state index contributed by atoms with van der Waals surface area (Å²) in [6.07, 6.45) is 0.890. The molecule has 1 N–H and O–H groups in total. The van der Waals surface area contributed by atoms with Gasteiger partial charge in [0.15, 0.2) is 5.78 Å². The smallest absolute Gasteiger partial charge is 0.234 e. The first-order chi connectivity index (χ1) is 17.9. The molecule has 1 aliphatic carbocycles. The second-order valence-electron chi connectivity index (χ2n) is 9.39. The van der Waals surface area contributed by atoms with Crippen LogP contribution < -0.4 is 10.1 Å². The van der Waals surface area contributed by atoms with Gasteiger partial charge in [-0.3, -0.25) is 14.6 Å². The molecule has 7 heteroatoms. The monoisotopic (exact) mass is 500 g/mol. The number of ketones is 1. The predicted octanol–water partition coefficient (Wildman–Crippen LogP) is 6.19. The zero-order valence-corrected chi connectivity index (χ0v) is 20.5. The molecule has 0 spiro atoms. The Morgan fingerprint density at radius 1 is 0.973 bits per heavy atom. The summed E-state index contributed by atoms with van der Waals surface area (Å²) < 4.78 is 33.0. The maximum Gasteiger partial charge on any atom is 0.234 e. The Morgan fingerprint density at radius 3 is 2.38 bits per heavy atom. The number of carbonyl (C=O) groups excluding carboxylic acids is 2. The molecule has 5 nitrogen and oxygen atoms in total. The molecule has 2 aliphatic rings. The third kappa shape index (κ3) is 4.81. The van der Waals surface area contributed by atoms with Crippen molar-refractivity contribution in [3.8, 4) is 5.75 Å². The fourth-order valence-electron chi connectivity index (χ4n) is 5.33. The van der Waals surface area contributed by atoms with E-state index in [1.165, 1.54) is 6.07 Å². The van der Waals surface area contributed by atoms with Gasteiger partial charge in [0.1, 0.15) is 17.4 Å². The van der Waals surface area contributed by atoms with Crippen LogP contribution >= 0.6 is 0 Å². The Hall–Kier alpha value is -4.13. The highest BCUT2D eigenvalue weighted by Crippen LogP contribution is 2.47. The fourth-order valence-corrected chi connectivity index (χ4v) is 5.33. The average molecular weight is 501 g/mol. The number of Topliss-reactive ketones (excluding diaryl/α,β-unsaturated/α-hetero) is 1. The van der Waals surface area contributed by atoms with E-state index in [1.807, 2.05) is 42.5 Å². The van der Waals surface area contributed by atoms with Gasteiger partial charge in [0.2, 0.25) is 5.91 Å². The molecule has 0 aromatic heterocycles. The summed E-state index contributed by atoms with van der Waals surface area (Å²) in [6, 6.07) is 20.1. The highest BCUT2D eigenvalue weighted by molar-refractivity contribution is 6.13. The standard InChI is InChI=1S/C30H26F2N2O3/c1-17-27(30(36)34-24-13-10-21(31)16-23(24)32)28(19-8-11-22(37-2)12-9-19)29-25(33-17)14-20(15-26(29)35)18-6-4-3-5-7-18/h3-13,16,20,27-28H,14-15H2,1-2H3,(H,34,36)/t20-,27?,28-/m1/s1. The van der Waals surface area contributed by atoms with E-state index in [0.29, 0.717) is 41.6 Å². The number of hydrogen-bond donors (Lipinski definition) is 1. The SMILES string of the molecule is COc1ccc([C@H]2C3=C(C[C@@H](c4ccccc4)CC3=O)N=C(C)C2C(=O)Nc2ccc(F)cc2F)cc1. The Labute approximate surface area is 213 Å². The number of hydrogen-bond acceptors (Lipinski definition) is 4. The van der Waals surface area contributed by atoms with Gasteiger partial charge in [-0.1, -0.05) is 42.5 Å². The van der Waals surface area contributed by atoms with E-state index in [9.17, 15) is 18.4 Å². The van der Waals surface area contributed by atoms with Gasteiger partial charge in [-0.25, -0.2) is 8.78 Å². The number of anilines is 1. The predicted molar refractivity (Wildman–Crippen MR) is 138 cm³/mol. The number of carbonyl (C=O) groups is 2. The first-order valence-electron chi connectivity index (χ1n) is 12.1. The topological polar surface area (TPSA) is 67.8 Å². The third-order valence-electron chi connectivity index (χ3n) is 7.11. The van der Waals surface area contributed by atoms with Crippen LogP contribution in [0.3, 0.4) is 0 Å². The normalized spacial score (nSPS) is 21.2. The minimum absolute atomic E-state index is 0.000736. The molecule has 0 bridgehead atoms. The summed E-state index contributed by atoms with van der Waals surface area (Å²) in [5, 5.41) is 2.58. The van der Waals surface area contributed by atoms with Gasteiger partial charge in [-0.15, -0.1) is 0 Å². The molecule has 0 saturated heterocycles. The molecule has 1 amide bonds. The van der Waals surface area contributed by atoms with Crippen LogP contribution in [-0.4, -0.2) is 24.5 Å². The molecule has 3 aromatic carbocycles. The van der Waals surface area contributed by atoms with Crippen LogP contribution in [0.2, 0.25) is 0 Å². The van der Waals surface area contributed by atoms with E-state index in [0.717, 1.165) is 17.2 Å². The van der Waals surface area contributed by atoms with Crippen molar-refractivity contribution in [1.29, 1.82) is 0 Å². The quantitative estimate of drug-likeness (QED) is 0.454. The minimum Gasteiger partial charge on any atom is -0.497 e. The van der Waals surface area contributed by atoms with Crippen molar-refractivity contribution in [1.82, 2.24) is 0 Å². The van der Waals surface area contributed by atoms with Gasteiger partial charge < -0.3 is 10.1 Å². The van der Waals surface area contributed by atoms with Crippen LogP contribution in [0.1, 0.15) is 42.7 Å². The Bertz CT molecular complexity index is 1410. The van der Waals surface area contributed by atoms with Crippen LogP contribution in [0.15, 0.2) is 89.1 Å². The number of nitrogens with one attached hydrogen (secondary N) is 1. The van der Waals surface area contributed by atoms with Gasteiger partial charge in [-0.05, 0) is 54.7 Å². The second-order valence-corrected chi connectivity index (χ2v) is 9.39. The summed E-state index contributed by atoms with van der Waals surface area (Å²) in [5.41, 5.74) is 3.42. The van der Waals surface area contributed by atoms with Crippen LogP contribution in [0.25, 0.3) is 0 Å². The molecule has 1 aliphatic heterocycles. The van der Waals surface area contributed by atoms with Crippen molar-refractivity contribution in [2.45, 2.75) is 31.6 Å². The lowest BCUT2D eigenvalue weighted by Crippen LogP contribution is -2.39. The summed E-state index contributed by atoms with van der Waals surface area (Å²) in [4.78, 5) is 32.0. The summed E-state index contributed by atoms with van der Waals surface area (Å²) >= 11 is 0. The fraction of sp³-hybridized carbons (Fsp3) is 0.233. The molecule has 188 valence electrons. The van der Waals surface area contributed by atoms with Crippen molar-refractivity contribution in [2.24, 2.45) is 10.9 Å². The van der Waals surface area contributed by atoms with E-state index < -0.39 is 29.4 Å². The number of amides is 1. The maximum atomic E-state index is 14.4. The zero-order valence-electron chi connectivity index (χ0n) is 20.5. The lowest BCUT2D eigenvalue weighted by molar-refractivity contribution is -0.119.